The molecule has 0 unspecified atom stereocenters. The van der Waals surface area contributed by atoms with Crippen molar-refractivity contribution in [1.82, 2.24) is 25.1 Å². The number of aromatic nitrogens is 5. The average molecular weight is 228 g/mol. The molecule has 0 spiro atoms. The van der Waals surface area contributed by atoms with E-state index < -0.39 is 5.91 Å². The predicted molar refractivity (Wildman–Crippen MR) is 60.0 cm³/mol. The Hall–Kier alpha value is -2.70. The summed E-state index contributed by atoms with van der Waals surface area (Å²) in [6, 6.07) is 3.32. The van der Waals surface area contributed by atoms with E-state index in [4.69, 9.17) is 5.73 Å². The van der Waals surface area contributed by atoms with Gasteiger partial charge in [-0.2, -0.15) is 5.10 Å². The van der Waals surface area contributed by atoms with Gasteiger partial charge in [-0.25, -0.2) is 9.97 Å². The van der Waals surface area contributed by atoms with Crippen molar-refractivity contribution in [2.45, 2.75) is 0 Å². The van der Waals surface area contributed by atoms with Crippen molar-refractivity contribution >= 4 is 17.1 Å². The molecule has 1 amide bonds. The fourth-order valence-corrected chi connectivity index (χ4v) is 1.63. The minimum absolute atomic E-state index is 0.369. The number of rotatable bonds is 2. The van der Waals surface area contributed by atoms with Crippen LogP contribution in [0.5, 0.6) is 0 Å². The van der Waals surface area contributed by atoms with Gasteiger partial charge in [0.15, 0.2) is 11.5 Å². The van der Waals surface area contributed by atoms with Gasteiger partial charge in [0, 0.05) is 12.4 Å². The van der Waals surface area contributed by atoms with Crippen LogP contribution in [0.3, 0.4) is 0 Å². The third-order valence-corrected chi connectivity index (χ3v) is 2.41. The molecule has 17 heavy (non-hydrogen) atoms. The van der Waals surface area contributed by atoms with Gasteiger partial charge < -0.3 is 10.7 Å². The number of hydrogen-bond donors (Lipinski definition) is 3. The number of nitrogens with two attached hydrogens (primary N) is 1. The maximum absolute atomic E-state index is 11.2. The zero-order valence-electron chi connectivity index (χ0n) is 8.64. The van der Waals surface area contributed by atoms with E-state index in [2.05, 4.69) is 25.1 Å². The molecule has 0 atom stereocenters. The molecule has 4 N–H and O–H groups in total. The maximum Gasteiger partial charge on any atom is 0.251 e. The maximum atomic E-state index is 11.2. The molecule has 0 radical (unpaired) electrons. The van der Waals surface area contributed by atoms with Gasteiger partial charge in [-0.15, -0.1) is 0 Å². The summed E-state index contributed by atoms with van der Waals surface area (Å²) in [4.78, 5) is 22.6. The normalized spacial score (nSPS) is 10.8. The number of aromatic amines is 2. The summed E-state index contributed by atoms with van der Waals surface area (Å²) in [5, 5.41) is 6.60. The topological polar surface area (TPSA) is 113 Å². The van der Waals surface area contributed by atoms with Crippen molar-refractivity contribution in [3.05, 3.63) is 30.1 Å². The van der Waals surface area contributed by atoms with Crippen LogP contribution in [-0.4, -0.2) is 31.1 Å². The molecule has 3 aromatic heterocycles. The number of pyridine rings is 1. The minimum atomic E-state index is -0.516. The summed E-state index contributed by atoms with van der Waals surface area (Å²) in [6.07, 6.45) is 3.12. The van der Waals surface area contributed by atoms with E-state index >= 15 is 0 Å². The van der Waals surface area contributed by atoms with Gasteiger partial charge in [-0.3, -0.25) is 9.89 Å². The van der Waals surface area contributed by atoms with Gasteiger partial charge >= 0.3 is 0 Å². The van der Waals surface area contributed by atoms with E-state index in [0.29, 0.717) is 22.6 Å². The molecule has 0 aliphatic carbocycles. The second-order valence-corrected chi connectivity index (χ2v) is 3.48. The SMILES string of the molecule is NC(=O)c1ccnc2nc(-c3ccn[nH]3)[nH]c12. The molecule has 0 aliphatic heterocycles. The number of carbonyl (C=O) groups is 1. The van der Waals surface area contributed by atoms with Crippen LogP contribution in [-0.2, 0) is 0 Å². The summed E-state index contributed by atoms with van der Waals surface area (Å²) in [6.45, 7) is 0. The molecule has 3 heterocycles. The molecular weight excluding hydrogens is 220 g/mol. The molecule has 0 aromatic carbocycles. The van der Waals surface area contributed by atoms with E-state index in [1.54, 1.807) is 18.3 Å². The van der Waals surface area contributed by atoms with Crippen LogP contribution in [0.25, 0.3) is 22.7 Å². The third-order valence-electron chi connectivity index (χ3n) is 2.41. The number of carbonyl (C=O) groups excluding carboxylic acids is 1. The second kappa shape index (κ2) is 3.41. The Bertz CT molecular complexity index is 684. The van der Waals surface area contributed by atoms with Gasteiger partial charge in [-0.1, -0.05) is 0 Å². The number of nitrogens with one attached hydrogen (secondary N) is 2. The summed E-state index contributed by atoms with van der Waals surface area (Å²) in [5.41, 5.74) is 7.34. The molecule has 3 rings (SSSR count). The van der Waals surface area contributed by atoms with E-state index in [9.17, 15) is 4.79 Å². The Kier molecular flexibility index (Phi) is 1.91. The molecule has 0 saturated carbocycles. The smallest absolute Gasteiger partial charge is 0.251 e. The standard InChI is InChI=1S/C10H8N6O/c11-8(17)5-1-3-12-10-7(5)14-9(15-10)6-2-4-13-16-6/h1-4H,(H2,11,17)(H,13,16)(H,12,14,15). The lowest BCUT2D eigenvalue weighted by Gasteiger charge is -1.94. The first kappa shape index (κ1) is 9.52. The van der Waals surface area contributed by atoms with Crippen LogP contribution < -0.4 is 5.73 Å². The zero-order chi connectivity index (χ0) is 11.8. The number of amides is 1. The Morgan fingerprint density at radius 1 is 1.29 bits per heavy atom. The van der Waals surface area contributed by atoms with Crippen molar-refractivity contribution < 1.29 is 4.79 Å². The van der Waals surface area contributed by atoms with Crippen molar-refractivity contribution in [1.29, 1.82) is 0 Å². The summed E-state index contributed by atoms with van der Waals surface area (Å²) >= 11 is 0. The second-order valence-electron chi connectivity index (χ2n) is 3.48. The first-order chi connectivity index (χ1) is 8.25. The Morgan fingerprint density at radius 3 is 2.88 bits per heavy atom. The van der Waals surface area contributed by atoms with Gasteiger partial charge in [0.05, 0.1) is 11.1 Å². The number of imidazole rings is 1. The third kappa shape index (κ3) is 1.44. The van der Waals surface area contributed by atoms with E-state index in [-0.39, 0.29) is 0 Å². The van der Waals surface area contributed by atoms with E-state index in [1.165, 1.54) is 6.20 Å². The molecule has 84 valence electrons. The minimum Gasteiger partial charge on any atom is -0.366 e. The molecule has 3 aromatic rings. The van der Waals surface area contributed by atoms with Gasteiger partial charge in [0.25, 0.3) is 5.91 Å². The number of fused-ring (bicyclic) bond motifs is 1. The summed E-state index contributed by atoms with van der Waals surface area (Å²) < 4.78 is 0. The zero-order valence-corrected chi connectivity index (χ0v) is 8.64. The lowest BCUT2D eigenvalue weighted by Crippen LogP contribution is -2.11. The fraction of sp³-hybridized carbons (Fsp3) is 0. The molecule has 0 bridgehead atoms. The molecular formula is C10H8N6O. The Balaban J connectivity index is 2.26. The lowest BCUT2D eigenvalue weighted by atomic mass is 10.2. The van der Waals surface area contributed by atoms with Crippen LogP contribution in [0.2, 0.25) is 0 Å². The highest BCUT2D eigenvalue weighted by molar-refractivity contribution is 6.03. The fourth-order valence-electron chi connectivity index (χ4n) is 1.63. The highest BCUT2D eigenvalue weighted by Crippen LogP contribution is 2.19. The van der Waals surface area contributed by atoms with Crippen molar-refractivity contribution in [2.24, 2.45) is 5.73 Å². The van der Waals surface area contributed by atoms with Crippen LogP contribution in [0, 0.1) is 0 Å². The average Bonchev–Trinajstić information content (AvgIpc) is 2.96. The highest BCUT2D eigenvalue weighted by atomic mass is 16.1. The lowest BCUT2D eigenvalue weighted by molar-refractivity contribution is 0.100. The van der Waals surface area contributed by atoms with Crippen LogP contribution in [0.4, 0.5) is 0 Å². The quantitative estimate of drug-likeness (QED) is 0.590. The van der Waals surface area contributed by atoms with Gasteiger partial charge in [0.2, 0.25) is 0 Å². The highest BCUT2D eigenvalue weighted by Gasteiger charge is 2.13. The molecule has 0 fully saturated rings. The number of nitrogens with zero attached hydrogens (tertiary/aromatic N) is 3. The Morgan fingerprint density at radius 2 is 2.18 bits per heavy atom. The summed E-state index contributed by atoms with van der Waals surface area (Å²) in [7, 11) is 0. The van der Waals surface area contributed by atoms with Crippen molar-refractivity contribution in [3.63, 3.8) is 0 Å². The van der Waals surface area contributed by atoms with Crippen molar-refractivity contribution in [3.8, 4) is 11.5 Å². The van der Waals surface area contributed by atoms with Crippen molar-refractivity contribution in [2.75, 3.05) is 0 Å². The number of H-pyrrole nitrogens is 2. The van der Waals surface area contributed by atoms with E-state index in [0.717, 1.165) is 5.69 Å². The molecule has 0 aliphatic rings. The molecule has 0 saturated heterocycles. The largest absolute Gasteiger partial charge is 0.366 e. The first-order valence-corrected chi connectivity index (χ1v) is 4.90. The molecule has 7 heteroatoms. The summed E-state index contributed by atoms with van der Waals surface area (Å²) in [5.74, 6) is 0.0518. The monoisotopic (exact) mass is 228 g/mol. The van der Waals surface area contributed by atoms with Crippen LogP contribution >= 0.6 is 0 Å². The number of primary amides is 1. The van der Waals surface area contributed by atoms with Gasteiger partial charge in [0.1, 0.15) is 5.69 Å². The predicted octanol–water partition coefficient (Wildman–Crippen LogP) is 0.447. The number of hydrogen-bond acceptors (Lipinski definition) is 4. The first-order valence-electron chi connectivity index (χ1n) is 4.90. The van der Waals surface area contributed by atoms with Gasteiger partial charge in [-0.05, 0) is 12.1 Å². The molecule has 7 nitrogen and oxygen atoms in total. The van der Waals surface area contributed by atoms with Crippen LogP contribution in [0.1, 0.15) is 10.4 Å². The Labute approximate surface area is 95.1 Å². The van der Waals surface area contributed by atoms with E-state index in [1.807, 2.05) is 0 Å². The van der Waals surface area contributed by atoms with Crippen LogP contribution in [0.15, 0.2) is 24.5 Å².